The van der Waals surface area contributed by atoms with E-state index >= 15 is 0 Å². The second-order valence-electron chi connectivity index (χ2n) is 26.9. The Hall–Kier alpha value is -5.06. The van der Waals surface area contributed by atoms with E-state index in [4.69, 9.17) is 37.0 Å². The third-order valence-corrected chi connectivity index (χ3v) is 18.7. The number of rotatable bonds is 76. The monoisotopic (exact) mass is 1530 g/mol. The summed E-state index contributed by atoms with van der Waals surface area (Å²) in [6.07, 6.45) is 89.5. The Morgan fingerprint density at radius 3 is 0.764 bits per heavy atom. The van der Waals surface area contributed by atoms with Gasteiger partial charge in [0.1, 0.15) is 19.3 Å². The van der Waals surface area contributed by atoms with Crippen LogP contribution in [0.1, 0.15) is 323 Å². The van der Waals surface area contributed by atoms with Gasteiger partial charge < -0.3 is 33.8 Å². The highest BCUT2D eigenvalue weighted by molar-refractivity contribution is 7.47. The molecule has 0 spiro atoms. The first-order chi connectivity index (χ1) is 51.7. The Labute approximate surface area is 643 Å². The van der Waals surface area contributed by atoms with Crippen molar-refractivity contribution >= 4 is 39.5 Å². The van der Waals surface area contributed by atoms with E-state index in [2.05, 4.69) is 174 Å². The topological polar surface area (TPSA) is 237 Å². The highest BCUT2D eigenvalue weighted by Crippen LogP contribution is 2.45. The van der Waals surface area contributed by atoms with Crippen LogP contribution in [-0.2, 0) is 65.4 Å². The molecule has 0 heterocycles. The second-order valence-corrected chi connectivity index (χ2v) is 29.8. The maximum Gasteiger partial charge on any atom is 0.472 e. The minimum atomic E-state index is -4.99. The molecule has 0 saturated heterocycles. The van der Waals surface area contributed by atoms with E-state index in [1.54, 1.807) is 0 Å². The Morgan fingerprint density at radius 2 is 0.491 bits per heavy atom. The first kappa shape index (κ1) is 101. The number of allylic oxidation sites excluding steroid dienone is 24. The van der Waals surface area contributed by atoms with Crippen LogP contribution in [0.4, 0.5) is 0 Å². The van der Waals surface area contributed by atoms with Crippen LogP contribution in [-0.4, -0.2) is 96.7 Å². The highest BCUT2D eigenvalue weighted by atomic mass is 31.2. The SMILES string of the molecule is CC/C=C\C/C=C\C/C=C\C/C=C\CCCCCCCCC(=O)OCC(COP(=O)(O)OCC(O)COP(=O)(O)OCC(COC(=O)CCCCCC/C=C\C/C=C\C/C=C\C/C=C\CC)OC(=O)CCCCCCCCC/C=C\C/C=C\C/C=C\CC)OC(=O)CCCCCCC/C=C\CCCCCC. The number of esters is 4. The molecule has 0 aliphatic heterocycles. The van der Waals surface area contributed by atoms with Gasteiger partial charge in [0.25, 0.3) is 0 Å². The van der Waals surface area contributed by atoms with Crippen molar-refractivity contribution in [1.29, 1.82) is 0 Å². The van der Waals surface area contributed by atoms with Gasteiger partial charge >= 0.3 is 39.5 Å². The summed E-state index contributed by atoms with van der Waals surface area (Å²) in [5.74, 6) is -2.23. The van der Waals surface area contributed by atoms with Crippen molar-refractivity contribution < 1.29 is 80.2 Å². The van der Waals surface area contributed by atoms with Crippen LogP contribution in [0.3, 0.4) is 0 Å². The van der Waals surface area contributed by atoms with Gasteiger partial charge in [-0.1, -0.05) is 283 Å². The van der Waals surface area contributed by atoms with Gasteiger partial charge in [0, 0.05) is 25.7 Å². The first-order valence-corrected chi connectivity index (χ1v) is 44.1. The normalized spacial score (nSPS) is 14.6. The number of unbranched alkanes of at least 4 members (excludes halogenated alkanes) is 26. The molecule has 5 atom stereocenters. The Kier molecular flexibility index (Phi) is 74.3. The third-order valence-electron chi connectivity index (χ3n) is 16.8. The molecule has 0 bridgehead atoms. The minimum absolute atomic E-state index is 0.0740. The second kappa shape index (κ2) is 78.1. The van der Waals surface area contributed by atoms with Crippen molar-refractivity contribution in [2.24, 2.45) is 0 Å². The molecule has 0 aromatic rings. The summed E-state index contributed by atoms with van der Waals surface area (Å²) in [6, 6.07) is 0. The van der Waals surface area contributed by atoms with E-state index in [0.29, 0.717) is 25.7 Å². The van der Waals surface area contributed by atoms with E-state index in [9.17, 15) is 43.2 Å². The summed E-state index contributed by atoms with van der Waals surface area (Å²) in [6.45, 7) is 4.48. The summed E-state index contributed by atoms with van der Waals surface area (Å²) in [4.78, 5) is 73.1. The van der Waals surface area contributed by atoms with Gasteiger partial charge in [0.15, 0.2) is 12.2 Å². The van der Waals surface area contributed by atoms with Gasteiger partial charge in [0.2, 0.25) is 0 Å². The van der Waals surface area contributed by atoms with E-state index in [0.717, 1.165) is 218 Å². The summed E-state index contributed by atoms with van der Waals surface area (Å²) in [5.41, 5.74) is 0. The molecular formula is C87H146O17P2. The summed E-state index contributed by atoms with van der Waals surface area (Å²) < 4.78 is 68.7. The van der Waals surface area contributed by atoms with Crippen molar-refractivity contribution in [2.75, 3.05) is 39.6 Å². The summed E-state index contributed by atoms with van der Waals surface area (Å²) >= 11 is 0. The molecule has 0 aliphatic rings. The number of hydrogen-bond donors (Lipinski definition) is 3. The van der Waals surface area contributed by atoms with Crippen LogP contribution >= 0.6 is 15.6 Å². The number of hydrogen-bond acceptors (Lipinski definition) is 15. The largest absolute Gasteiger partial charge is 0.472 e. The number of carbonyl (C=O) groups is 4. The maximum atomic E-state index is 13.1. The smallest absolute Gasteiger partial charge is 0.462 e. The number of aliphatic hydroxyl groups is 1. The van der Waals surface area contributed by atoms with Crippen molar-refractivity contribution in [1.82, 2.24) is 0 Å². The number of phosphoric acid groups is 2. The third kappa shape index (κ3) is 77.1. The first-order valence-electron chi connectivity index (χ1n) is 41.1. The van der Waals surface area contributed by atoms with Gasteiger partial charge in [-0.15, -0.1) is 0 Å². The lowest BCUT2D eigenvalue weighted by atomic mass is 10.1. The van der Waals surface area contributed by atoms with E-state index in [1.807, 2.05) is 0 Å². The van der Waals surface area contributed by atoms with Crippen molar-refractivity contribution in [3.8, 4) is 0 Å². The van der Waals surface area contributed by atoms with Crippen LogP contribution in [0.15, 0.2) is 146 Å². The van der Waals surface area contributed by atoms with Crippen molar-refractivity contribution in [3.05, 3.63) is 146 Å². The zero-order valence-electron chi connectivity index (χ0n) is 66.3. The van der Waals surface area contributed by atoms with Crippen LogP contribution in [0.2, 0.25) is 0 Å². The minimum Gasteiger partial charge on any atom is -0.462 e. The summed E-state index contributed by atoms with van der Waals surface area (Å²) in [5, 5.41) is 10.7. The average molecular weight is 1530 g/mol. The van der Waals surface area contributed by atoms with Crippen LogP contribution in [0.25, 0.3) is 0 Å². The Balaban J connectivity index is 5.40. The molecule has 0 fully saturated rings. The molecule has 0 radical (unpaired) electrons. The van der Waals surface area contributed by atoms with Crippen LogP contribution < -0.4 is 0 Å². The van der Waals surface area contributed by atoms with Gasteiger partial charge in [-0.2, -0.15) is 0 Å². The molecule has 3 N–H and O–H groups in total. The van der Waals surface area contributed by atoms with Crippen LogP contribution in [0.5, 0.6) is 0 Å². The van der Waals surface area contributed by atoms with E-state index in [1.165, 1.54) is 25.7 Å². The highest BCUT2D eigenvalue weighted by Gasteiger charge is 2.30. The lowest BCUT2D eigenvalue weighted by Crippen LogP contribution is -2.30. The fraction of sp³-hybridized carbons (Fsp3) is 0.678. The standard InChI is InChI=1S/C87H146O17P2/c1-5-9-13-17-21-25-29-33-36-39-40-43-45-49-52-56-60-64-68-72-85(90)97-77-82(103-86(91)73-69-65-61-57-53-47-32-28-24-20-16-12-8-4)79-101-105(93,94)99-75-81(88)76-100-106(95,96)102-80-83(104-87(92)74-70-66-62-58-54-50-46-42-38-35-31-27-23-19-15-11-7-3)78-98-84(89)71-67-63-59-55-51-48-44-41-37-34-30-26-22-18-14-10-6-2/h9-11,13-15,21-23,25-28,32-38,40,43-44,48,81-83,88H,5-8,12,16-20,24,29-31,39,41-42,45-47,49-80H2,1-4H3,(H,93,94)(H,95,96)/b13-9-,14-10-,15-11-,25-21-,26-22-,27-23-,32-28-,36-33-,37-34-,38-35-,43-40-,48-44-. The van der Waals surface area contributed by atoms with Crippen LogP contribution in [0, 0.1) is 0 Å². The quantitative estimate of drug-likeness (QED) is 0.0169. The molecule has 5 unspecified atom stereocenters. The van der Waals surface area contributed by atoms with E-state index in [-0.39, 0.29) is 25.7 Å². The fourth-order valence-electron chi connectivity index (χ4n) is 10.6. The number of ether oxygens (including phenoxy) is 4. The van der Waals surface area contributed by atoms with Gasteiger partial charge in [-0.05, 0) is 161 Å². The van der Waals surface area contributed by atoms with Gasteiger partial charge in [-0.25, -0.2) is 9.13 Å². The van der Waals surface area contributed by atoms with E-state index < -0.39 is 97.5 Å². The average Bonchev–Trinajstić information content (AvgIpc) is 0.900. The predicted molar refractivity (Wildman–Crippen MR) is 436 cm³/mol. The Morgan fingerprint density at radius 1 is 0.274 bits per heavy atom. The molecule has 0 rings (SSSR count). The van der Waals surface area contributed by atoms with Gasteiger partial charge in [-0.3, -0.25) is 37.3 Å². The van der Waals surface area contributed by atoms with Gasteiger partial charge in [0.05, 0.1) is 26.4 Å². The number of carbonyl (C=O) groups excluding carboxylic acids is 4. The number of phosphoric ester groups is 2. The zero-order chi connectivity index (χ0) is 77.4. The van der Waals surface area contributed by atoms with Crippen molar-refractivity contribution in [2.45, 2.75) is 341 Å². The zero-order valence-corrected chi connectivity index (χ0v) is 68.1. The number of aliphatic hydroxyl groups excluding tert-OH is 1. The molecule has 106 heavy (non-hydrogen) atoms. The molecule has 0 aliphatic carbocycles. The molecule has 0 amide bonds. The predicted octanol–water partition coefficient (Wildman–Crippen LogP) is 24.2. The molecule has 17 nitrogen and oxygen atoms in total. The molecule has 19 heteroatoms. The van der Waals surface area contributed by atoms with Crippen molar-refractivity contribution in [3.63, 3.8) is 0 Å². The fourth-order valence-corrected chi connectivity index (χ4v) is 12.2. The molecule has 0 saturated carbocycles. The Bertz CT molecular complexity index is 2580. The maximum absolute atomic E-state index is 13.1. The lowest BCUT2D eigenvalue weighted by molar-refractivity contribution is -0.161. The summed E-state index contributed by atoms with van der Waals surface area (Å²) in [7, 11) is -9.98. The molecule has 0 aromatic carbocycles. The molecule has 606 valence electrons. The lowest BCUT2D eigenvalue weighted by Gasteiger charge is -2.21. The molecular weight excluding hydrogens is 1380 g/mol. The molecule has 0 aromatic heterocycles.